The summed E-state index contributed by atoms with van der Waals surface area (Å²) >= 11 is 3.18. The Balaban J connectivity index is 2.79. The topological polar surface area (TPSA) is 90.7 Å². The smallest absolute Gasteiger partial charge is 0.326 e. The first-order valence-corrected chi connectivity index (χ1v) is 7.04. The van der Waals surface area contributed by atoms with Gasteiger partial charge in [-0.1, -0.05) is 29.8 Å². The predicted molar refractivity (Wildman–Crippen MR) is 80.4 cm³/mol. The number of methoxy groups -OCH3 is 1. The van der Waals surface area contributed by atoms with Crippen molar-refractivity contribution < 1.29 is 19.2 Å². The van der Waals surface area contributed by atoms with Crippen molar-refractivity contribution in [2.75, 3.05) is 13.7 Å². The van der Waals surface area contributed by atoms with Crippen molar-refractivity contribution in [2.45, 2.75) is 25.9 Å². The third-order valence-electron chi connectivity index (χ3n) is 2.50. The van der Waals surface area contributed by atoms with E-state index in [2.05, 4.69) is 26.0 Å². The Morgan fingerprint density at radius 3 is 2.62 bits per heavy atom. The number of benzene rings is 1. The summed E-state index contributed by atoms with van der Waals surface area (Å²) in [4.78, 5) is 21.9. The number of halogens is 1. The Hall–Kier alpha value is -1.67. The van der Waals surface area contributed by atoms with Gasteiger partial charge in [-0.3, -0.25) is 20.2 Å². The van der Waals surface area contributed by atoms with Gasteiger partial charge in [-0.05, 0) is 6.07 Å². The fourth-order valence-electron chi connectivity index (χ4n) is 1.65. The Labute approximate surface area is 130 Å². The van der Waals surface area contributed by atoms with E-state index in [-0.39, 0.29) is 18.3 Å². The van der Waals surface area contributed by atoms with Gasteiger partial charge in [-0.15, -0.1) is 0 Å². The van der Waals surface area contributed by atoms with E-state index in [0.29, 0.717) is 10.2 Å². The summed E-state index contributed by atoms with van der Waals surface area (Å²) in [7, 11) is 1.29. The first kappa shape index (κ1) is 17.4. The fraction of sp³-hybridized carbons (Fsp3) is 0.462. The van der Waals surface area contributed by atoms with Gasteiger partial charge in [-0.25, -0.2) is 0 Å². The molecule has 1 atom stereocenters. The largest absolute Gasteiger partial charge is 0.491 e. The van der Waals surface area contributed by atoms with E-state index < -0.39 is 16.9 Å². The Bertz CT molecular complexity index is 521. The third kappa shape index (κ3) is 5.68. The summed E-state index contributed by atoms with van der Waals surface area (Å²) in [5.74, 6) is -0.149. The third-order valence-corrected chi connectivity index (χ3v) is 2.96. The zero-order valence-corrected chi connectivity index (χ0v) is 13.5. The van der Waals surface area contributed by atoms with E-state index in [1.54, 1.807) is 6.07 Å². The molecule has 0 aromatic heterocycles. The second-order valence-electron chi connectivity index (χ2n) is 4.61. The lowest BCUT2D eigenvalue weighted by Crippen LogP contribution is -2.45. The maximum atomic E-state index is 11.6. The van der Waals surface area contributed by atoms with Gasteiger partial charge in [0.25, 0.3) is 5.69 Å². The monoisotopic (exact) mass is 360 g/mol. The predicted octanol–water partition coefficient (Wildman–Crippen LogP) is 2.28. The number of non-ortho nitro benzene ring substituents is 1. The number of nitrogens with one attached hydrogen (secondary N) is 1. The van der Waals surface area contributed by atoms with E-state index >= 15 is 0 Å². The lowest BCUT2D eigenvalue weighted by atomic mass is 10.2. The molecule has 1 N–H and O–H groups in total. The average molecular weight is 361 g/mol. The van der Waals surface area contributed by atoms with Gasteiger partial charge in [0, 0.05) is 16.6 Å². The molecular weight excluding hydrogens is 344 g/mol. The highest BCUT2D eigenvalue weighted by Crippen LogP contribution is 2.26. The molecule has 1 aromatic rings. The fourth-order valence-corrected chi connectivity index (χ4v) is 2.11. The first-order chi connectivity index (χ1) is 9.83. The van der Waals surface area contributed by atoms with Crippen LogP contribution in [0.3, 0.4) is 0 Å². The van der Waals surface area contributed by atoms with Crippen LogP contribution >= 0.6 is 15.9 Å². The van der Waals surface area contributed by atoms with Crippen LogP contribution in [0.5, 0.6) is 5.75 Å². The van der Waals surface area contributed by atoms with Crippen LogP contribution in [-0.2, 0) is 9.53 Å². The van der Waals surface area contributed by atoms with Crippen LogP contribution in [0.4, 0.5) is 5.69 Å². The molecule has 0 amide bonds. The molecule has 0 bridgehead atoms. The molecule has 116 valence electrons. The number of ether oxygens (including phenoxy) is 2. The number of hydrogen-bond donors (Lipinski definition) is 1. The zero-order chi connectivity index (χ0) is 16.0. The summed E-state index contributed by atoms with van der Waals surface area (Å²) in [5.41, 5.74) is -0.0918. The van der Waals surface area contributed by atoms with Crippen LogP contribution in [0.1, 0.15) is 13.8 Å². The number of nitro groups is 1. The number of carbonyl (C=O) groups excluding carboxylic acids is 1. The molecule has 8 heteroatoms. The van der Waals surface area contributed by atoms with Crippen molar-refractivity contribution in [3.05, 3.63) is 32.8 Å². The molecular formula is C13H17BrN2O5. The summed E-state index contributed by atoms with van der Waals surface area (Å²) in [5, 5.41) is 13.8. The minimum atomic E-state index is -0.645. The van der Waals surface area contributed by atoms with Gasteiger partial charge in [0.05, 0.1) is 18.1 Å². The van der Waals surface area contributed by atoms with Crippen molar-refractivity contribution >= 4 is 27.6 Å². The van der Waals surface area contributed by atoms with E-state index in [1.165, 1.54) is 19.2 Å². The highest BCUT2D eigenvalue weighted by molar-refractivity contribution is 9.10. The molecule has 0 fully saturated rings. The molecule has 0 radical (unpaired) electrons. The van der Waals surface area contributed by atoms with E-state index in [1.807, 2.05) is 13.8 Å². The van der Waals surface area contributed by atoms with Gasteiger partial charge < -0.3 is 9.47 Å². The Kier molecular flexibility index (Phi) is 6.57. The molecule has 1 aromatic carbocycles. The Morgan fingerprint density at radius 2 is 2.10 bits per heavy atom. The number of hydrogen-bond acceptors (Lipinski definition) is 6. The van der Waals surface area contributed by atoms with Gasteiger partial charge >= 0.3 is 5.97 Å². The van der Waals surface area contributed by atoms with Crippen molar-refractivity contribution in [3.63, 3.8) is 0 Å². The molecule has 0 aliphatic heterocycles. The van der Waals surface area contributed by atoms with E-state index in [0.717, 1.165) is 0 Å². The van der Waals surface area contributed by atoms with Crippen LogP contribution in [0, 0.1) is 10.1 Å². The van der Waals surface area contributed by atoms with Gasteiger partial charge in [-0.2, -0.15) is 0 Å². The van der Waals surface area contributed by atoms with Crippen molar-refractivity contribution in [3.8, 4) is 5.75 Å². The minimum absolute atomic E-state index is 0.0124. The van der Waals surface area contributed by atoms with E-state index in [9.17, 15) is 14.9 Å². The molecule has 21 heavy (non-hydrogen) atoms. The zero-order valence-electron chi connectivity index (χ0n) is 12.0. The van der Waals surface area contributed by atoms with Gasteiger partial charge in [0.1, 0.15) is 18.4 Å². The second-order valence-corrected chi connectivity index (χ2v) is 5.53. The first-order valence-electron chi connectivity index (χ1n) is 6.25. The number of rotatable bonds is 7. The lowest BCUT2D eigenvalue weighted by molar-refractivity contribution is -0.385. The molecule has 0 saturated heterocycles. The summed E-state index contributed by atoms with van der Waals surface area (Å²) < 4.78 is 10.7. The SMILES string of the molecule is COC(=O)C(COc1cc(Br)cc([N+](=O)[O-])c1)NC(C)C. The van der Waals surface area contributed by atoms with Crippen molar-refractivity contribution in [1.29, 1.82) is 0 Å². The maximum absolute atomic E-state index is 11.6. The van der Waals surface area contributed by atoms with Crippen molar-refractivity contribution in [2.24, 2.45) is 0 Å². The van der Waals surface area contributed by atoms with Crippen LogP contribution in [0.25, 0.3) is 0 Å². The number of nitro benzene ring substituents is 1. The molecule has 0 spiro atoms. The summed E-state index contributed by atoms with van der Waals surface area (Å²) in [6.07, 6.45) is 0. The molecule has 0 aliphatic rings. The molecule has 0 saturated carbocycles. The van der Waals surface area contributed by atoms with Crippen LogP contribution in [0.15, 0.2) is 22.7 Å². The quantitative estimate of drug-likeness (QED) is 0.455. The summed E-state index contributed by atoms with van der Waals surface area (Å²) in [6, 6.07) is 3.69. The second kappa shape index (κ2) is 7.94. The minimum Gasteiger partial charge on any atom is -0.491 e. The number of carbonyl (C=O) groups is 1. The molecule has 1 unspecified atom stereocenters. The highest BCUT2D eigenvalue weighted by Gasteiger charge is 2.21. The number of nitrogens with zero attached hydrogens (tertiary/aromatic N) is 1. The average Bonchev–Trinajstić information content (AvgIpc) is 2.41. The van der Waals surface area contributed by atoms with Crippen LogP contribution in [0.2, 0.25) is 0 Å². The lowest BCUT2D eigenvalue weighted by Gasteiger charge is -2.19. The van der Waals surface area contributed by atoms with E-state index in [4.69, 9.17) is 4.74 Å². The van der Waals surface area contributed by atoms with Gasteiger partial charge in [0.15, 0.2) is 0 Å². The molecule has 0 heterocycles. The molecule has 0 aliphatic carbocycles. The highest BCUT2D eigenvalue weighted by atomic mass is 79.9. The Morgan fingerprint density at radius 1 is 1.43 bits per heavy atom. The molecule has 7 nitrogen and oxygen atoms in total. The van der Waals surface area contributed by atoms with Gasteiger partial charge in [0.2, 0.25) is 0 Å². The normalized spacial score (nSPS) is 12.0. The van der Waals surface area contributed by atoms with Crippen molar-refractivity contribution in [1.82, 2.24) is 5.32 Å². The summed E-state index contributed by atoms with van der Waals surface area (Å²) in [6.45, 7) is 3.79. The van der Waals surface area contributed by atoms with Crippen LogP contribution in [-0.4, -0.2) is 36.7 Å². The molecule has 1 rings (SSSR count). The maximum Gasteiger partial charge on any atom is 0.326 e. The van der Waals surface area contributed by atoms with Crippen LogP contribution < -0.4 is 10.1 Å². The standard InChI is InChI=1S/C13H17BrN2O5/c1-8(2)15-12(13(17)20-3)7-21-11-5-9(14)4-10(6-11)16(18)19/h4-6,8,12,15H,7H2,1-3H3. The number of esters is 1.